The molecule has 0 bridgehead atoms. The first-order valence-electron chi connectivity index (χ1n) is 9.02. The summed E-state index contributed by atoms with van der Waals surface area (Å²) in [5.41, 5.74) is -0.714. The number of benzene rings is 1. The maximum absolute atomic E-state index is 12.6. The van der Waals surface area contributed by atoms with Crippen molar-refractivity contribution in [3.05, 3.63) is 47.7 Å². The highest BCUT2D eigenvalue weighted by Crippen LogP contribution is 2.29. The van der Waals surface area contributed by atoms with E-state index in [9.17, 15) is 22.8 Å². The largest absolute Gasteiger partial charge is 0.448 e. The first kappa shape index (κ1) is 20.6. The monoisotopic (exact) mass is 408 g/mol. The summed E-state index contributed by atoms with van der Waals surface area (Å²) in [6.45, 7) is 3.13. The van der Waals surface area contributed by atoms with E-state index in [2.05, 4.69) is 20.4 Å². The van der Waals surface area contributed by atoms with Gasteiger partial charge in [-0.05, 0) is 56.2 Å². The molecule has 0 aliphatic carbocycles. The van der Waals surface area contributed by atoms with Crippen LogP contribution >= 0.6 is 0 Å². The lowest BCUT2D eigenvalue weighted by Crippen LogP contribution is -2.30. The number of hydrogen-bond acceptors (Lipinski definition) is 6. The molecule has 1 N–H and O–H groups in total. The van der Waals surface area contributed by atoms with Crippen LogP contribution in [0.3, 0.4) is 0 Å². The van der Waals surface area contributed by atoms with Gasteiger partial charge in [0.05, 0.1) is 5.56 Å². The summed E-state index contributed by atoms with van der Waals surface area (Å²) < 4.78 is 42.8. The van der Waals surface area contributed by atoms with Gasteiger partial charge >= 0.3 is 12.1 Å². The van der Waals surface area contributed by atoms with E-state index in [-0.39, 0.29) is 11.4 Å². The minimum absolute atomic E-state index is 0.0397. The van der Waals surface area contributed by atoms with E-state index in [0.29, 0.717) is 5.82 Å². The molecule has 7 nitrogen and oxygen atoms in total. The van der Waals surface area contributed by atoms with E-state index in [1.165, 1.54) is 13.0 Å². The summed E-state index contributed by atoms with van der Waals surface area (Å²) in [6.07, 6.45) is -3.48. The Bertz CT molecular complexity index is 864. The molecule has 0 spiro atoms. The minimum atomic E-state index is -4.46. The van der Waals surface area contributed by atoms with E-state index in [4.69, 9.17) is 4.74 Å². The normalized spacial score (nSPS) is 15.1. The number of hydrogen-bond donors (Lipinski definition) is 1. The quantitative estimate of drug-likeness (QED) is 0.765. The van der Waals surface area contributed by atoms with Crippen molar-refractivity contribution in [2.24, 2.45) is 0 Å². The lowest BCUT2D eigenvalue weighted by Gasteiger charge is -2.16. The van der Waals surface area contributed by atoms with Crippen molar-refractivity contribution in [2.45, 2.75) is 32.0 Å². The number of carbonyl (C=O) groups excluding carboxylic acids is 2. The molecule has 3 rings (SSSR count). The molecule has 2 aromatic rings. The third-order valence-electron chi connectivity index (χ3n) is 4.42. The first-order valence-corrected chi connectivity index (χ1v) is 9.02. The molecular formula is C19H19F3N4O3. The van der Waals surface area contributed by atoms with Crippen LogP contribution in [0.5, 0.6) is 0 Å². The number of anilines is 2. The van der Waals surface area contributed by atoms with Crippen molar-refractivity contribution in [3.8, 4) is 0 Å². The van der Waals surface area contributed by atoms with Crippen LogP contribution in [0.4, 0.5) is 24.7 Å². The molecular weight excluding hydrogens is 389 g/mol. The number of halogens is 3. The lowest BCUT2D eigenvalue weighted by molar-refractivity contribution is -0.137. The van der Waals surface area contributed by atoms with Crippen LogP contribution < -0.4 is 10.2 Å². The second kappa shape index (κ2) is 8.46. The van der Waals surface area contributed by atoms with Crippen LogP contribution in [0, 0.1) is 0 Å². The van der Waals surface area contributed by atoms with Crippen molar-refractivity contribution < 1.29 is 27.5 Å². The third kappa shape index (κ3) is 5.21. The zero-order valence-corrected chi connectivity index (χ0v) is 15.6. The van der Waals surface area contributed by atoms with Gasteiger partial charge in [-0.15, -0.1) is 10.2 Å². The number of ether oxygens (including phenoxy) is 1. The smallest absolute Gasteiger partial charge is 0.416 e. The number of nitrogens with zero attached hydrogens (tertiary/aromatic N) is 3. The third-order valence-corrected chi connectivity index (χ3v) is 4.42. The van der Waals surface area contributed by atoms with Gasteiger partial charge in [-0.3, -0.25) is 4.79 Å². The molecule has 1 amide bonds. The summed E-state index contributed by atoms with van der Waals surface area (Å²) in [5.74, 6) is -0.826. The van der Waals surface area contributed by atoms with Crippen molar-refractivity contribution in [3.63, 3.8) is 0 Å². The maximum atomic E-state index is 12.6. The zero-order valence-electron chi connectivity index (χ0n) is 15.6. The molecule has 1 atom stereocenters. The molecule has 29 heavy (non-hydrogen) atoms. The minimum Gasteiger partial charge on any atom is -0.448 e. The van der Waals surface area contributed by atoms with E-state index < -0.39 is 29.7 Å². The number of esters is 1. The topological polar surface area (TPSA) is 84.4 Å². The van der Waals surface area contributed by atoms with Gasteiger partial charge in [0.2, 0.25) is 0 Å². The molecule has 1 aliphatic rings. The number of rotatable bonds is 5. The van der Waals surface area contributed by atoms with Crippen molar-refractivity contribution >= 4 is 23.4 Å². The fourth-order valence-electron chi connectivity index (χ4n) is 2.81. The van der Waals surface area contributed by atoms with Gasteiger partial charge in [0, 0.05) is 18.8 Å². The number of nitrogens with one attached hydrogen (secondary N) is 1. The molecule has 1 aromatic carbocycles. The molecule has 1 aromatic heterocycles. The Hall–Kier alpha value is -3.17. The highest BCUT2D eigenvalue weighted by atomic mass is 19.4. The predicted octanol–water partition coefficient (Wildman–Crippen LogP) is 3.28. The van der Waals surface area contributed by atoms with E-state index in [1.54, 1.807) is 6.07 Å². The molecule has 0 radical (unpaired) electrons. The Balaban J connectivity index is 1.55. The first-order chi connectivity index (χ1) is 13.7. The van der Waals surface area contributed by atoms with Gasteiger partial charge in [-0.1, -0.05) is 0 Å². The van der Waals surface area contributed by atoms with Crippen molar-refractivity contribution in [1.29, 1.82) is 0 Å². The zero-order chi connectivity index (χ0) is 21.0. The highest BCUT2D eigenvalue weighted by Gasteiger charge is 2.30. The number of aromatic nitrogens is 2. The number of alkyl halides is 3. The molecule has 154 valence electrons. The Labute approximate surface area is 164 Å². The summed E-state index contributed by atoms with van der Waals surface area (Å²) in [4.78, 5) is 26.3. The average Bonchev–Trinajstić information content (AvgIpc) is 3.22. The van der Waals surface area contributed by atoms with Crippen LogP contribution in [-0.2, 0) is 15.7 Å². The predicted molar refractivity (Wildman–Crippen MR) is 98.4 cm³/mol. The molecule has 1 unspecified atom stereocenters. The number of carbonyl (C=O) groups is 2. The van der Waals surface area contributed by atoms with Crippen molar-refractivity contribution in [2.75, 3.05) is 23.3 Å². The Morgan fingerprint density at radius 3 is 2.28 bits per heavy atom. The standard InChI is InChI=1S/C19H19F3N4O3/c1-12(17(27)23-14-6-4-13(5-7-14)19(20,21)22)29-18(28)15-8-9-16(25-24-15)26-10-2-3-11-26/h4-9,12H,2-3,10-11H2,1H3,(H,23,27). The van der Waals surface area contributed by atoms with E-state index in [1.807, 2.05) is 0 Å². The van der Waals surface area contributed by atoms with Crippen LogP contribution in [-0.4, -0.2) is 41.3 Å². The van der Waals surface area contributed by atoms with Gasteiger partial charge < -0.3 is 15.0 Å². The second-order valence-corrected chi connectivity index (χ2v) is 6.58. The SMILES string of the molecule is CC(OC(=O)c1ccc(N2CCCC2)nn1)C(=O)Nc1ccc(C(F)(F)F)cc1. The van der Waals surface area contributed by atoms with Gasteiger partial charge in [0.1, 0.15) is 0 Å². The lowest BCUT2D eigenvalue weighted by atomic mass is 10.2. The fraction of sp³-hybridized carbons (Fsp3) is 0.368. The van der Waals surface area contributed by atoms with E-state index in [0.717, 1.165) is 50.2 Å². The Morgan fingerprint density at radius 1 is 1.07 bits per heavy atom. The molecule has 0 saturated carbocycles. The molecule has 1 saturated heterocycles. The van der Waals surface area contributed by atoms with Gasteiger partial charge in [-0.25, -0.2) is 4.79 Å². The fourth-order valence-corrected chi connectivity index (χ4v) is 2.81. The van der Waals surface area contributed by atoms with Gasteiger partial charge in [0.25, 0.3) is 5.91 Å². The average molecular weight is 408 g/mol. The summed E-state index contributed by atoms with van der Waals surface area (Å²) in [7, 11) is 0. The van der Waals surface area contributed by atoms with Crippen molar-refractivity contribution in [1.82, 2.24) is 10.2 Å². The second-order valence-electron chi connectivity index (χ2n) is 6.58. The maximum Gasteiger partial charge on any atom is 0.416 e. The van der Waals surface area contributed by atoms with E-state index >= 15 is 0 Å². The highest BCUT2D eigenvalue weighted by molar-refractivity contribution is 5.96. The summed E-state index contributed by atoms with van der Waals surface area (Å²) >= 11 is 0. The molecule has 1 fully saturated rings. The Kier molecular flexibility index (Phi) is 6.00. The van der Waals surface area contributed by atoms with Crippen LogP contribution in [0.15, 0.2) is 36.4 Å². The summed E-state index contributed by atoms with van der Waals surface area (Å²) in [6, 6.07) is 7.09. The van der Waals surface area contributed by atoms with Crippen LogP contribution in [0.1, 0.15) is 35.8 Å². The Morgan fingerprint density at radius 2 is 1.72 bits per heavy atom. The molecule has 10 heteroatoms. The number of amides is 1. The molecule has 1 aliphatic heterocycles. The van der Waals surface area contributed by atoms with Crippen LogP contribution in [0.2, 0.25) is 0 Å². The summed E-state index contributed by atoms with van der Waals surface area (Å²) in [5, 5.41) is 10.3. The van der Waals surface area contributed by atoms with Gasteiger partial charge in [-0.2, -0.15) is 13.2 Å². The van der Waals surface area contributed by atoms with Gasteiger partial charge in [0.15, 0.2) is 17.6 Å². The molecule has 2 heterocycles. The van der Waals surface area contributed by atoms with Crippen LogP contribution in [0.25, 0.3) is 0 Å².